The fraction of sp³-hybridized carbons (Fsp3) is 0.211. The van der Waals surface area contributed by atoms with E-state index in [1.807, 2.05) is 0 Å². The zero-order valence-electron chi connectivity index (χ0n) is 14.6. The molecule has 142 valence electrons. The number of hydrogen-bond donors (Lipinski definition) is 2. The summed E-state index contributed by atoms with van der Waals surface area (Å²) in [5.41, 5.74) is 6.85. The molecule has 3 N–H and O–H groups in total. The van der Waals surface area contributed by atoms with E-state index in [0.717, 1.165) is 0 Å². The number of methoxy groups -OCH3 is 1. The van der Waals surface area contributed by atoms with Gasteiger partial charge in [-0.05, 0) is 35.4 Å². The van der Waals surface area contributed by atoms with Gasteiger partial charge in [-0.15, -0.1) is 0 Å². The van der Waals surface area contributed by atoms with Gasteiger partial charge in [0.15, 0.2) is 0 Å². The summed E-state index contributed by atoms with van der Waals surface area (Å²) in [5, 5.41) is 3.04. The highest BCUT2D eigenvalue weighted by Gasteiger charge is 2.18. The van der Waals surface area contributed by atoms with Crippen molar-refractivity contribution in [2.75, 3.05) is 7.11 Å². The van der Waals surface area contributed by atoms with Crippen LogP contribution in [-0.4, -0.2) is 25.1 Å². The highest BCUT2D eigenvalue weighted by Crippen LogP contribution is 2.20. The summed E-state index contributed by atoms with van der Waals surface area (Å²) in [6.45, 7) is -0.0203. The minimum atomic E-state index is -0.756. The summed E-state index contributed by atoms with van der Waals surface area (Å²) < 4.78 is 9.90. The molecule has 0 bridgehead atoms. The topological polar surface area (TPSA) is 108 Å². The van der Waals surface area contributed by atoms with Gasteiger partial charge < -0.3 is 20.5 Å². The lowest BCUT2D eigenvalue weighted by atomic mass is 10.0. The van der Waals surface area contributed by atoms with Gasteiger partial charge in [0.25, 0.3) is 0 Å². The first-order chi connectivity index (χ1) is 12.9. The summed E-state index contributed by atoms with van der Waals surface area (Å²) in [7, 11) is 1.29. The number of ether oxygens (including phenoxy) is 2. The number of hydrogen-bond acceptors (Lipinski definition) is 5. The van der Waals surface area contributed by atoms with Crippen LogP contribution in [0.2, 0.25) is 5.02 Å². The van der Waals surface area contributed by atoms with Gasteiger partial charge in [-0.25, -0.2) is 9.59 Å². The molecule has 27 heavy (non-hydrogen) atoms. The number of primary amides is 1. The van der Waals surface area contributed by atoms with Gasteiger partial charge in [-0.3, -0.25) is 4.79 Å². The quantitative estimate of drug-likeness (QED) is 0.706. The average Bonchev–Trinajstić information content (AvgIpc) is 2.65. The Labute approximate surface area is 161 Å². The van der Waals surface area contributed by atoms with Gasteiger partial charge >= 0.3 is 18.0 Å². The fourth-order valence-corrected chi connectivity index (χ4v) is 2.54. The van der Waals surface area contributed by atoms with E-state index in [1.54, 1.807) is 48.5 Å². The molecular weight excluding hydrogens is 372 g/mol. The Morgan fingerprint density at radius 2 is 1.85 bits per heavy atom. The maximum Gasteiger partial charge on any atom is 0.337 e. The van der Waals surface area contributed by atoms with Crippen molar-refractivity contribution in [3.05, 3.63) is 70.2 Å². The molecule has 2 aromatic carbocycles. The Hall–Kier alpha value is -3.06. The van der Waals surface area contributed by atoms with E-state index in [1.165, 1.54) is 7.11 Å². The Bertz CT molecular complexity index is 823. The summed E-state index contributed by atoms with van der Waals surface area (Å²) in [6.07, 6.45) is -0.110. The van der Waals surface area contributed by atoms with Crippen molar-refractivity contribution in [2.24, 2.45) is 5.73 Å². The maximum atomic E-state index is 12.2. The predicted octanol–water partition coefficient (Wildman–Crippen LogP) is 2.97. The lowest BCUT2D eigenvalue weighted by Crippen LogP contribution is -2.34. The van der Waals surface area contributed by atoms with E-state index in [2.05, 4.69) is 10.1 Å². The number of nitrogens with two attached hydrogens (primary N) is 1. The number of halogens is 1. The third kappa shape index (κ3) is 6.31. The normalized spacial score (nSPS) is 11.3. The fourth-order valence-electron chi connectivity index (χ4n) is 2.41. The number of carbonyl (C=O) groups excluding carboxylic acids is 3. The molecule has 1 atom stereocenters. The summed E-state index contributed by atoms with van der Waals surface area (Å²) in [4.78, 5) is 35.0. The van der Waals surface area contributed by atoms with Crippen LogP contribution in [0.1, 0.15) is 33.9 Å². The molecule has 0 aliphatic heterocycles. The van der Waals surface area contributed by atoms with Crippen LogP contribution in [0.4, 0.5) is 4.79 Å². The molecule has 8 heteroatoms. The summed E-state index contributed by atoms with van der Waals surface area (Å²) in [6, 6.07) is 11.8. The van der Waals surface area contributed by atoms with Crippen molar-refractivity contribution in [1.29, 1.82) is 0 Å². The Morgan fingerprint density at radius 1 is 1.15 bits per heavy atom. The third-order valence-corrected chi connectivity index (χ3v) is 3.96. The standard InChI is InChI=1S/C19H19ClN2O5/c1-26-18(24)14-4-2-3-12(9-14)11-27-17(23)10-16(22-19(21)25)13-5-7-15(20)8-6-13/h2-9,16H,10-11H2,1H3,(H3,21,22,25)/t16-/m0/s1. The zero-order valence-corrected chi connectivity index (χ0v) is 15.4. The number of esters is 2. The second kappa shape index (κ2) is 9.59. The first-order valence-corrected chi connectivity index (χ1v) is 8.41. The molecule has 0 aliphatic carbocycles. The Morgan fingerprint density at radius 3 is 2.48 bits per heavy atom. The van der Waals surface area contributed by atoms with E-state index in [-0.39, 0.29) is 13.0 Å². The van der Waals surface area contributed by atoms with E-state index in [4.69, 9.17) is 22.1 Å². The zero-order chi connectivity index (χ0) is 19.8. The molecule has 2 amide bonds. The van der Waals surface area contributed by atoms with E-state index in [0.29, 0.717) is 21.7 Å². The second-order valence-corrected chi connectivity index (χ2v) is 6.11. The summed E-state index contributed by atoms with van der Waals surface area (Å²) >= 11 is 5.85. The molecular formula is C19H19ClN2O5. The molecule has 0 saturated heterocycles. The Balaban J connectivity index is 2.00. The van der Waals surface area contributed by atoms with Crippen molar-refractivity contribution in [1.82, 2.24) is 5.32 Å². The first kappa shape index (κ1) is 20.3. The largest absolute Gasteiger partial charge is 0.465 e. The molecule has 7 nitrogen and oxygen atoms in total. The molecule has 0 aromatic heterocycles. The smallest absolute Gasteiger partial charge is 0.337 e. The second-order valence-electron chi connectivity index (χ2n) is 5.67. The highest BCUT2D eigenvalue weighted by atomic mass is 35.5. The van der Waals surface area contributed by atoms with Gasteiger partial charge in [-0.1, -0.05) is 35.9 Å². The van der Waals surface area contributed by atoms with Crippen LogP contribution in [-0.2, 0) is 20.9 Å². The Kier molecular flexibility index (Phi) is 7.19. The van der Waals surface area contributed by atoms with Crippen LogP contribution in [0.15, 0.2) is 48.5 Å². The van der Waals surface area contributed by atoms with Gasteiger partial charge in [0.1, 0.15) is 6.61 Å². The molecule has 2 aromatic rings. The van der Waals surface area contributed by atoms with E-state index < -0.39 is 24.0 Å². The lowest BCUT2D eigenvalue weighted by Gasteiger charge is -2.17. The number of carbonyl (C=O) groups is 3. The maximum absolute atomic E-state index is 12.2. The van der Waals surface area contributed by atoms with Crippen LogP contribution >= 0.6 is 11.6 Å². The molecule has 0 fully saturated rings. The van der Waals surface area contributed by atoms with Crippen molar-refractivity contribution in [2.45, 2.75) is 19.1 Å². The molecule has 0 unspecified atom stereocenters. The molecule has 0 heterocycles. The van der Waals surface area contributed by atoms with Gasteiger partial charge in [0, 0.05) is 5.02 Å². The highest BCUT2D eigenvalue weighted by molar-refractivity contribution is 6.30. The monoisotopic (exact) mass is 390 g/mol. The van der Waals surface area contributed by atoms with Gasteiger partial charge in [0.05, 0.1) is 25.1 Å². The molecule has 0 saturated carbocycles. The third-order valence-electron chi connectivity index (χ3n) is 3.71. The van der Waals surface area contributed by atoms with Crippen molar-refractivity contribution < 1.29 is 23.9 Å². The molecule has 0 aliphatic rings. The van der Waals surface area contributed by atoms with Crippen LogP contribution in [0.25, 0.3) is 0 Å². The first-order valence-electron chi connectivity index (χ1n) is 8.03. The minimum Gasteiger partial charge on any atom is -0.465 e. The number of benzene rings is 2. The predicted molar refractivity (Wildman–Crippen MR) is 99.1 cm³/mol. The van der Waals surface area contributed by atoms with Crippen molar-refractivity contribution >= 4 is 29.6 Å². The molecule has 0 spiro atoms. The van der Waals surface area contributed by atoms with E-state index >= 15 is 0 Å². The van der Waals surface area contributed by atoms with Crippen LogP contribution in [0.3, 0.4) is 0 Å². The minimum absolute atomic E-state index is 0.0203. The molecule has 0 radical (unpaired) electrons. The van der Waals surface area contributed by atoms with Gasteiger partial charge in [-0.2, -0.15) is 0 Å². The number of urea groups is 1. The lowest BCUT2D eigenvalue weighted by molar-refractivity contribution is -0.145. The summed E-state index contributed by atoms with van der Waals surface area (Å²) in [5.74, 6) is -1.01. The number of rotatable bonds is 7. The van der Waals surface area contributed by atoms with Gasteiger partial charge in [0.2, 0.25) is 0 Å². The van der Waals surface area contributed by atoms with Crippen molar-refractivity contribution in [3.8, 4) is 0 Å². The van der Waals surface area contributed by atoms with E-state index in [9.17, 15) is 14.4 Å². The average molecular weight is 391 g/mol. The van der Waals surface area contributed by atoms with Crippen LogP contribution < -0.4 is 11.1 Å². The van der Waals surface area contributed by atoms with Crippen LogP contribution in [0.5, 0.6) is 0 Å². The number of amides is 2. The SMILES string of the molecule is COC(=O)c1cccc(COC(=O)C[C@H](NC(N)=O)c2ccc(Cl)cc2)c1. The van der Waals surface area contributed by atoms with Crippen LogP contribution in [0, 0.1) is 0 Å². The van der Waals surface area contributed by atoms with Crippen molar-refractivity contribution in [3.63, 3.8) is 0 Å². The number of nitrogens with one attached hydrogen (secondary N) is 1. The molecule has 2 rings (SSSR count).